The van der Waals surface area contributed by atoms with Gasteiger partial charge in [-0.05, 0) is 129 Å². The van der Waals surface area contributed by atoms with Crippen LogP contribution in [0.5, 0.6) is 11.5 Å². The SMILES string of the molecule is CC(C)c1ccccc1[C@H]1CCC[C@H]1N1CC2(CCN(c3ccc(C(=O)NS(=O)(=O)c4ccc(NCC5CCC(C)(O)CC5)c([N+](=O)[O-])c4)c(Oc4cc5c(F)c[nH]c5nc4C(C)C)c3)CC2)C1. The molecule has 0 bridgehead atoms. The van der Waals surface area contributed by atoms with Crippen LogP contribution < -0.4 is 19.7 Å². The number of hydrogen-bond donors (Lipinski definition) is 4. The van der Waals surface area contributed by atoms with Gasteiger partial charge in [-0.2, -0.15) is 0 Å². The largest absolute Gasteiger partial charge is 0.454 e. The van der Waals surface area contributed by atoms with Crippen molar-refractivity contribution in [3.63, 3.8) is 0 Å². The van der Waals surface area contributed by atoms with Crippen molar-refractivity contribution < 1.29 is 32.4 Å². The fourth-order valence-electron chi connectivity index (χ4n) is 11.3. The standard InChI is InChI=1S/C52H64FN7O7S/c1-32(2)37-9-6-7-10-38(37)39-11-8-12-44(39)59-30-52(31-59)21-23-58(24-22-52)35-13-15-40(46(25-35)67-47-27-41-42(53)29-55-49(41)56-48(47)33(3)4)50(61)57-68(65,66)36-14-16-43(45(26-36)60(63)64)54-28-34-17-19-51(5,62)20-18-34/h6-7,9-10,13-16,25-27,29,32-34,39,44,54,62H,8,11-12,17-24,28,30-31H2,1-5H3,(H,55,56)(H,57,61)/t34?,39-,44-,51?/m1/s1. The Labute approximate surface area is 398 Å². The Bertz CT molecular complexity index is 2800. The molecule has 14 nitrogen and oxygen atoms in total. The number of carbonyl (C=O) groups is 1. The first-order valence-electron chi connectivity index (χ1n) is 24.3. The zero-order valence-corrected chi connectivity index (χ0v) is 40.5. The lowest BCUT2D eigenvalue weighted by molar-refractivity contribution is -0.384. The van der Waals surface area contributed by atoms with Gasteiger partial charge in [-0.3, -0.25) is 19.8 Å². The molecule has 2 aliphatic carbocycles. The van der Waals surface area contributed by atoms with Gasteiger partial charge in [-0.15, -0.1) is 0 Å². The van der Waals surface area contributed by atoms with E-state index in [1.807, 2.05) is 13.8 Å². The fraction of sp³-hybridized carbons (Fsp3) is 0.500. The van der Waals surface area contributed by atoms with Gasteiger partial charge < -0.3 is 25.0 Å². The highest BCUT2D eigenvalue weighted by atomic mass is 32.2. The lowest BCUT2D eigenvalue weighted by Crippen LogP contribution is -2.63. The summed E-state index contributed by atoms with van der Waals surface area (Å²) in [6.07, 6.45) is 9.64. The van der Waals surface area contributed by atoms with Crippen LogP contribution in [0, 0.1) is 27.3 Å². The Balaban J connectivity index is 0.938. The highest BCUT2D eigenvalue weighted by Crippen LogP contribution is 2.49. The van der Waals surface area contributed by atoms with Gasteiger partial charge in [0.15, 0.2) is 0 Å². The van der Waals surface area contributed by atoms with Crippen LogP contribution in [0.15, 0.2) is 77.8 Å². The number of pyridine rings is 1. The summed E-state index contributed by atoms with van der Waals surface area (Å²) in [6.45, 7) is 14.3. The number of amides is 1. The molecule has 2 saturated heterocycles. The summed E-state index contributed by atoms with van der Waals surface area (Å²) < 4.78 is 51.4. The molecule has 362 valence electrons. The second-order valence-electron chi connectivity index (χ2n) is 20.8. The van der Waals surface area contributed by atoms with Crippen molar-refractivity contribution in [3.8, 4) is 11.5 Å². The number of ether oxygens (including phenoxy) is 1. The summed E-state index contributed by atoms with van der Waals surface area (Å²) >= 11 is 0. The van der Waals surface area contributed by atoms with Crippen LogP contribution in [0.25, 0.3) is 11.0 Å². The van der Waals surface area contributed by atoms with E-state index in [2.05, 4.69) is 67.9 Å². The molecule has 16 heteroatoms. The molecule has 2 atom stereocenters. The predicted molar refractivity (Wildman–Crippen MR) is 262 cm³/mol. The van der Waals surface area contributed by atoms with E-state index >= 15 is 0 Å². The van der Waals surface area contributed by atoms with Crippen molar-refractivity contribution in [1.82, 2.24) is 19.6 Å². The second kappa shape index (κ2) is 18.7. The molecule has 4 heterocycles. The molecule has 3 aromatic carbocycles. The third kappa shape index (κ3) is 9.68. The average molecular weight is 950 g/mol. The molecule has 2 aromatic heterocycles. The second-order valence-corrected chi connectivity index (χ2v) is 22.5. The van der Waals surface area contributed by atoms with Gasteiger partial charge in [-0.1, -0.05) is 58.4 Å². The van der Waals surface area contributed by atoms with E-state index in [1.54, 1.807) is 19.1 Å². The number of fused-ring (bicyclic) bond motifs is 1. The zero-order valence-electron chi connectivity index (χ0n) is 39.7. The number of halogens is 1. The van der Waals surface area contributed by atoms with Gasteiger partial charge in [0.1, 0.15) is 28.7 Å². The maximum absolute atomic E-state index is 14.9. The minimum Gasteiger partial charge on any atom is -0.454 e. The summed E-state index contributed by atoms with van der Waals surface area (Å²) in [5.41, 5.74) is 3.71. The molecule has 0 radical (unpaired) electrons. The van der Waals surface area contributed by atoms with Crippen LogP contribution in [0.1, 0.15) is 137 Å². The Morgan fingerprint density at radius 2 is 1.71 bits per heavy atom. The van der Waals surface area contributed by atoms with Gasteiger partial charge in [0.05, 0.1) is 32.1 Å². The molecule has 68 heavy (non-hydrogen) atoms. The molecular weight excluding hydrogens is 886 g/mol. The van der Waals surface area contributed by atoms with Crippen molar-refractivity contribution in [2.24, 2.45) is 11.3 Å². The van der Waals surface area contributed by atoms with Gasteiger partial charge >= 0.3 is 0 Å². The van der Waals surface area contributed by atoms with Gasteiger partial charge in [0.25, 0.3) is 21.6 Å². The monoisotopic (exact) mass is 949 g/mol. The first kappa shape index (κ1) is 47.5. The Morgan fingerprint density at radius 1 is 0.971 bits per heavy atom. The number of aromatic amines is 1. The van der Waals surface area contributed by atoms with Crippen LogP contribution in [0.2, 0.25) is 0 Å². The molecule has 2 aliphatic heterocycles. The van der Waals surface area contributed by atoms with E-state index in [9.17, 15) is 32.8 Å². The molecule has 1 amide bonds. The maximum Gasteiger partial charge on any atom is 0.293 e. The first-order valence-corrected chi connectivity index (χ1v) is 25.8. The number of rotatable bonds is 14. The molecule has 1 spiro atoms. The highest BCUT2D eigenvalue weighted by molar-refractivity contribution is 7.90. The van der Waals surface area contributed by atoms with Crippen molar-refractivity contribution in [3.05, 3.63) is 111 Å². The molecular formula is C52H64FN7O7S. The van der Waals surface area contributed by atoms with Crippen molar-refractivity contribution in [2.45, 2.75) is 127 Å². The zero-order chi connectivity index (χ0) is 48.1. The quantitative estimate of drug-likeness (QED) is 0.0614. The van der Waals surface area contributed by atoms with E-state index in [1.165, 1.54) is 60.9 Å². The number of aliphatic hydroxyl groups is 1. The summed E-state index contributed by atoms with van der Waals surface area (Å²) in [4.78, 5) is 37.8. The van der Waals surface area contributed by atoms with E-state index in [4.69, 9.17) is 4.74 Å². The van der Waals surface area contributed by atoms with Crippen LogP contribution in [0.3, 0.4) is 0 Å². The number of nitro benzene ring substituents is 1. The summed E-state index contributed by atoms with van der Waals surface area (Å²) in [6, 6.07) is 19.6. The number of anilines is 2. The number of carbonyl (C=O) groups excluding carboxylic acids is 1. The molecule has 4 fully saturated rings. The van der Waals surface area contributed by atoms with Gasteiger partial charge in [0, 0.05) is 62.8 Å². The molecule has 9 rings (SSSR count). The number of aromatic nitrogens is 2. The maximum atomic E-state index is 14.9. The van der Waals surface area contributed by atoms with E-state index in [0.717, 1.165) is 63.6 Å². The van der Waals surface area contributed by atoms with Gasteiger partial charge in [0.2, 0.25) is 0 Å². The summed E-state index contributed by atoms with van der Waals surface area (Å²) in [7, 11) is -4.64. The van der Waals surface area contributed by atoms with Crippen molar-refractivity contribution >= 4 is 44.0 Å². The third-order valence-electron chi connectivity index (χ3n) is 15.3. The molecule has 4 N–H and O–H groups in total. The van der Waals surface area contributed by atoms with Crippen LogP contribution in [0.4, 0.5) is 21.5 Å². The summed E-state index contributed by atoms with van der Waals surface area (Å²) in [5, 5.41) is 25.9. The number of sulfonamides is 1. The Hall–Kier alpha value is -5.58. The van der Waals surface area contributed by atoms with E-state index in [0.29, 0.717) is 48.6 Å². The number of nitro groups is 1. The predicted octanol–water partition coefficient (Wildman–Crippen LogP) is 10.4. The van der Waals surface area contributed by atoms with E-state index in [-0.39, 0.29) is 45.4 Å². The number of benzene rings is 3. The number of H-pyrrole nitrogens is 1. The van der Waals surface area contributed by atoms with Crippen molar-refractivity contribution in [1.29, 1.82) is 0 Å². The van der Waals surface area contributed by atoms with Gasteiger partial charge in [-0.25, -0.2) is 22.5 Å². The molecule has 2 saturated carbocycles. The number of nitrogens with zero attached hydrogens (tertiary/aromatic N) is 4. The molecule has 4 aliphatic rings. The fourth-order valence-corrected chi connectivity index (χ4v) is 12.3. The normalized spacial score (nSPS) is 23.0. The number of nitrogens with one attached hydrogen (secondary N) is 3. The third-order valence-corrected chi connectivity index (χ3v) is 16.6. The van der Waals surface area contributed by atoms with Crippen LogP contribution >= 0.6 is 0 Å². The molecule has 5 aromatic rings. The van der Waals surface area contributed by atoms with E-state index < -0.39 is 42.9 Å². The minimum atomic E-state index is -4.64. The summed E-state index contributed by atoms with van der Waals surface area (Å²) in [5.74, 6) is -0.217. The topological polar surface area (TPSA) is 183 Å². The smallest absolute Gasteiger partial charge is 0.293 e. The lowest BCUT2D eigenvalue weighted by atomic mass is 9.70. The highest BCUT2D eigenvalue weighted by Gasteiger charge is 2.49. The van der Waals surface area contributed by atoms with Crippen LogP contribution in [-0.4, -0.2) is 83.6 Å². The average Bonchev–Trinajstić information content (AvgIpc) is 3.93. The Kier molecular flexibility index (Phi) is 13.1. The molecule has 0 unspecified atom stereocenters. The number of piperidine rings is 1. The Morgan fingerprint density at radius 3 is 2.41 bits per heavy atom. The number of hydrogen-bond acceptors (Lipinski definition) is 11. The minimum absolute atomic E-state index is 0.0491. The first-order chi connectivity index (χ1) is 32.4. The number of likely N-dealkylation sites (tertiary alicyclic amines) is 1. The van der Waals surface area contributed by atoms with Crippen LogP contribution in [-0.2, 0) is 10.0 Å². The lowest BCUT2D eigenvalue weighted by Gasteiger charge is -2.57. The van der Waals surface area contributed by atoms with Crippen molar-refractivity contribution in [2.75, 3.05) is 42.9 Å².